The SMILES string of the molecule is Cc1cc(NS(=O)(=O)c2cccc3c2N=S=N3)ccc1F. The van der Waals surface area contributed by atoms with E-state index >= 15 is 0 Å². The molecule has 1 N–H and O–H groups in total. The first kappa shape index (κ1) is 13.9. The summed E-state index contributed by atoms with van der Waals surface area (Å²) in [6, 6.07) is 8.79. The predicted octanol–water partition coefficient (Wildman–Crippen LogP) is 3.66. The van der Waals surface area contributed by atoms with E-state index < -0.39 is 10.0 Å². The Morgan fingerprint density at radius 3 is 2.76 bits per heavy atom. The van der Waals surface area contributed by atoms with E-state index in [1.54, 1.807) is 19.1 Å². The third-order valence-corrected chi connectivity index (χ3v) is 4.90. The van der Waals surface area contributed by atoms with Gasteiger partial charge >= 0.3 is 0 Å². The van der Waals surface area contributed by atoms with Crippen LogP contribution in [-0.2, 0) is 21.4 Å². The number of anilines is 1. The Morgan fingerprint density at radius 2 is 2.00 bits per heavy atom. The number of sulfonamides is 1. The van der Waals surface area contributed by atoms with Gasteiger partial charge in [0, 0.05) is 5.69 Å². The van der Waals surface area contributed by atoms with E-state index in [2.05, 4.69) is 13.4 Å². The summed E-state index contributed by atoms with van der Waals surface area (Å²) >= 11 is 0.952. The quantitative estimate of drug-likeness (QED) is 0.799. The average Bonchev–Trinajstić information content (AvgIpc) is 2.90. The van der Waals surface area contributed by atoms with Crippen LogP contribution in [-0.4, -0.2) is 8.42 Å². The Hall–Kier alpha value is -2.06. The minimum absolute atomic E-state index is 0.0516. The molecule has 0 aliphatic carbocycles. The molecule has 3 rings (SSSR count). The van der Waals surface area contributed by atoms with E-state index in [0.29, 0.717) is 22.6 Å². The van der Waals surface area contributed by atoms with E-state index in [1.165, 1.54) is 24.3 Å². The summed E-state index contributed by atoms with van der Waals surface area (Å²) in [5, 5.41) is 0. The molecule has 1 heterocycles. The number of benzene rings is 2. The maximum atomic E-state index is 13.2. The molecule has 1 aliphatic rings. The number of rotatable bonds is 3. The fourth-order valence-electron chi connectivity index (χ4n) is 1.92. The first-order chi connectivity index (χ1) is 9.97. The highest BCUT2D eigenvalue weighted by molar-refractivity contribution is 7.93. The van der Waals surface area contributed by atoms with Gasteiger partial charge in [0.25, 0.3) is 10.0 Å². The summed E-state index contributed by atoms with van der Waals surface area (Å²) in [7, 11) is -3.81. The van der Waals surface area contributed by atoms with Gasteiger partial charge in [-0.3, -0.25) is 4.72 Å². The average molecular weight is 323 g/mol. The van der Waals surface area contributed by atoms with Gasteiger partial charge in [0.1, 0.15) is 22.1 Å². The molecule has 108 valence electrons. The maximum Gasteiger partial charge on any atom is 0.264 e. The van der Waals surface area contributed by atoms with Crippen LogP contribution in [0.1, 0.15) is 5.56 Å². The lowest BCUT2D eigenvalue weighted by Crippen LogP contribution is -2.13. The van der Waals surface area contributed by atoms with Crippen molar-refractivity contribution in [3.63, 3.8) is 0 Å². The largest absolute Gasteiger partial charge is 0.280 e. The fraction of sp³-hybridized carbons (Fsp3) is 0.0769. The van der Waals surface area contributed by atoms with Crippen molar-refractivity contribution in [3.8, 4) is 0 Å². The normalized spacial score (nSPS) is 12.9. The topological polar surface area (TPSA) is 70.9 Å². The third kappa shape index (κ3) is 2.59. The molecule has 2 aromatic rings. The van der Waals surface area contributed by atoms with Crippen LogP contribution in [0.4, 0.5) is 21.5 Å². The van der Waals surface area contributed by atoms with Gasteiger partial charge < -0.3 is 0 Å². The number of fused-ring (bicyclic) bond motifs is 1. The molecular weight excluding hydrogens is 313 g/mol. The van der Waals surface area contributed by atoms with Gasteiger partial charge in [-0.05, 0) is 42.8 Å². The van der Waals surface area contributed by atoms with Gasteiger partial charge in [0.05, 0.1) is 11.4 Å². The van der Waals surface area contributed by atoms with Crippen LogP contribution in [0.2, 0.25) is 0 Å². The van der Waals surface area contributed by atoms with Crippen molar-refractivity contribution in [1.82, 2.24) is 0 Å². The molecule has 0 unspecified atom stereocenters. The zero-order chi connectivity index (χ0) is 15.0. The van der Waals surface area contributed by atoms with Gasteiger partial charge in [0.2, 0.25) is 0 Å². The van der Waals surface area contributed by atoms with Crippen LogP contribution in [0.25, 0.3) is 0 Å². The summed E-state index contributed by atoms with van der Waals surface area (Å²) in [4.78, 5) is 0.0516. The van der Waals surface area contributed by atoms with Gasteiger partial charge in [-0.2, -0.15) is 8.73 Å². The van der Waals surface area contributed by atoms with Gasteiger partial charge in [-0.1, -0.05) is 6.07 Å². The Morgan fingerprint density at radius 1 is 1.19 bits per heavy atom. The van der Waals surface area contributed by atoms with E-state index in [1.807, 2.05) is 0 Å². The van der Waals surface area contributed by atoms with Crippen LogP contribution >= 0.6 is 0 Å². The molecule has 0 saturated carbocycles. The van der Waals surface area contributed by atoms with Crippen molar-refractivity contribution in [2.45, 2.75) is 11.8 Å². The Kier molecular flexibility index (Phi) is 3.34. The molecule has 8 heteroatoms. The zero-order valence-electron chi connectivity index (χ0n) is 10.9. The van der Waals surface area contributed by atoms with E-state index in [0.717, 1.165) is 11.4 Å². The molecule has 0 atom stereocenters. The monoisotopic (exact) mass is 323 g/mol. The van der Waals surface area contributed by atoms with E-state index in [9.17, 15) is 12.8 Å². The minimum atomic E-state index is -3.81. The number of hydrogen-bond donors (Lipinski definition) is 1. The van der Waals surface area contributed by atoms with Gasteiger partial charge in [-0.15, -0.1) is 0 Å². The molecule has 0 amide bonds. The molecular formula is C13H10FN3O2S2. The molecule has 2 aromatic carbocycles. The predicted molar refractivity (Wildman–Crippen MR) is 79.9 cm³/mol. The molecule has 5 nitrogen and oxygen atoms in total. The van der Waals surface area contributed by atoms with Crippen molar-refractivity contribution in [2.24, 2.45) is 8.73 Å². The van der Waals surface area contributed by atoms with E-state index in [-0.39, 0.29) is 10.7 Å². The van der Waals surface area contributed by atoms with Gasteiger partial charge in [0.15, 0.2) is 0 Å². The molecule has 0 saturated heterocycles. The number of hydrogen-bond acceptors (Lipinski definition) is 4. The second kappa shape index (κ2) is 5.05. The van der Waals surface area contributed by atoms with Crippen molar-refractivity contribution >= 4 is 38.4 Å². The lowest BCUT2D eigenvalue weighted by molar-refractivity contribution is 0.601. The summed E-state index contributed by atoms with van der Waals surface area (Å²) in [6.07, 6.45) is 0. The van der Waals surface area contributed by atoms with Crippen molar-refractivity contribution < 1.29 is 12.8 Å². The summed E-state index contributed by atoms with van der Waals surface area (Å²) < 4.78 is 48.6. The minimum Gasteiger partial charge on any atom is -0.280 e. The third-order valence-electron chi connectivity index (χ3n) is 2.95. The molecule has 0 fully saturated rings. The molecule has 0 radical (unpaired) electrons. The molecule has 21 heavy (non-hydrogen) atoms. The second-order valence-corrected chi connectivity index (χ2v) is 6.64. The lowest BCUT2D eigenvalue weighted by atomic mass is 10.2. The lowest BCUT2D eigenvalue weighted by Gasteiger charge is -2.10. The highest BCUT2D eigenvalue weighted by Gasteiger charge is 2.22. The second-order valence-electron chi connectivity index (χ2n) is 4.46. The summed E-state index contributed by atoms with van der Waals surface area (Å²) in [6.45, 7) is 1.57. The number of aryl methyl sites for hydroxylation is 1. The van der Waals surface area contributed by atoms with Crippen LogP contribution in [0.3, 0.4) is 0 Å². The van der Waals surface area contributed by atoms with Crippen molar-refractivity contribution in [1.29, 1.82) is 0 Å². The standard InChI is InChI=1S/C13H10FN3O2S2/c1-8-7-9(5-6-10(8)14)17-21(18,19)12-4-2-3-11-13(12)16-20-15-11/h2-7,17H,1H3. The maximum absolute atomic E-state index is 13.2. The molecule has 1 aliphatic heterocycles. The first-order valence-electron chi connectivity index (χ1n) is 5.97. The van der Waals surface area contributed by atoms with E-state index in [4.69, 9.17) is 0 Å². The number of nitrogens with zero attached hydrogens (tertiary/aromatic N) is 2. The number of nitrogens with one attached hydrogen (secondary N) is 1. The molecule has 0 spiro atoms. The Balaban J connectivity index is 2.00. The Labute approximate surface area is 124 Å². The first-order valence-corrected chi connectivity index (χ1v) is 8.19. The number of halogens is 1. The zero-order valence-corrected chi connectivity index (χ0v) is 12.5. The van der Waals surface area contributed by atoms with Crippen LogP contribution < -0.4 is 4.72 Å². The molecule has 0 bridgehead atoms. The highest BCUT2D eigenvalue weighted by atomic mass is 32.2. The highest BCUT2D eigenvalue weighted by Crippen LogP contribution is 2.37. The van der Waals surface area contributed by atoms with Crippen LogP contribution in [0.15, 0.2) is 50.0 Å². The fourth-order valence-corrected chi connectivity index (χ4v) is 3.73. The summed E-state index contributed by atoms with van der Waals surface area (Å²) in [5.41, 5.74) is 1.52. The summed E-state index contributed by atoms with van der Waals surface area (Å²) in [5.74, 6) is -0.385. The molecule has 0 aromatic heterocycles. The van der Waals surface area contributed by atoms with Crippen molar-refractivity contribution in [2.75, 3.05) is 4.72 Å². The van der Waals surface area contributed by atoms with Crippen molar-refractivity contribution in [3.05, 3.63) is 47.8 Å². The Bertz CT molecular complexity index is 904. The van der Waals surface area contributed by atoms with Crippen LogP contribution in [0.5, 0.6) is 0 Å². The van der Waals surface area contributed by atoms with Crippen LogP contribution in [0, 0.1) is 12.7 Å². The smallest absolute Gasteiger partial charge is 0.264 e. The van der Waals surface area contributed by atoms with Gasteiger partial charge in [-0.25, -0.2) is 12.8 Å².